The largest absolute Gasteiger partial charge is 0.488 e. The van der Waals surface area contributed by atoms with Crippen molar-refractivity contribution in [3.8, 4) is 11.8 Å². The summed E-state index contributed by atoms with van der Waals surface area (Å²) in [5.41, 5.74) is 9.63. The molecule has 2 aromatic heterocycles. The number of pyridine rings is 1. The van der Waals surface area contributed by atoms with E-state index in [-0.39, 0.29) is 6.10 Å². The number of nitrogen functional groups attached to an aromatic ring is 1. The van der Waals surface area contributed by atoms with Crippen LogP contribution >= 0.6 is 0 Å². The number of imidazole rings is 1. The minimum absolute atomic E-state index is 0.0473. The summed E-state index contributed by atoms with van der Waals surface area (Å²) in [5, 5.41) is 0. The third-order valence-electron chi connectivity index (χ3n) is 5.36. The Bertz CT molecular complexity index is 929. The van der Waals surface area contributed by atoms with Gasteiger partial charge in [0.2, 0.25) is 0 Å². The number of anilines is 1. The first-order valence-corrected chi connectivity index (χ1v) is 9.27. The second kappa shape index (κ2) is 6.20. The van der Waals surface area contributed by atoms with Crippen molar-refractivity contribution in [2.75, 3.05) is 12.3 Å². The minimum atomic E-state index is -0.0473. The highest BCUT2D eigenvalue weighted by Crippen LogP contribution is 2.33. The molecular weight excluding hydrogens is 328 g/mol. The van der Waals surface area contributed by atoms with E-state index >= 15 is 0 Å². The van der Waals surface area contributed by atoms with Crippen LogP contribution in [0.4, 0.5) is 5.69 Å². The molecule has 1 aliphatic carbocycles. The van der Waals surface area contributed by atoms with E-state index in [1.165, 1.54) is 31.4 Å². The maximum Gasteiger partial charge on any atom is 0.297 e. The van der Waals surface area contributed by atoms with Gasteiger partial charge in [-0.15, -0.1) is 0 Å². The Hall–Kier alpha value is -2.76. The molecule has 6 heteroatoms. The average molecular weight is 350 g/mol. The van der Waals surface area contributed by atoms with Gasteiger partial charge in [-0.05, 0) is 43.2 Å². The number of nitrogens with two attached hydrogens (primary N) is 1. The summed E-state index contributed by atoms with van der Waals surface area (Å²) in [6.07, 6.45) is 6.94. The van der Waals surface area contributed by atoms with Crippen molar-refractivity contribution >= 4 is 16.7 Å². The number of fused-ring (bicyclic) bond motifs is 3. The predicted octanol–water partition coefficient (Wildman–Crippen LogP) is 3.51. The molecule has 0 radical (unpaired) electrons. The molecule has 0 amide bonds. The number of hydrogen-bond donors (Lipinski definition) is 1. The summed E-state index contributed by atoms with van der Waals surface area (Å²) in [6.45, 7) is 1.20. The van der Waals surface area contributed by atoms with Crippen molar-refractivity contribution in [2.24, 2.45) is 0 Å². The zero-order chi connectivity index (χ0) is 17.5. The zero-order valence-corrected chi connectivity index (χ0v) is 14.6. The topological polar surface area (TPSA) is 75.2 Å². The Labute approximate surface area is 152 Å². The van der Waals surface area contributed by atoms with Crippen LogP contribution in [0.25, 0.3) is 11.0 Å². The van der Waals surface area contributed by atoms with E-state index in [0.717, 1.165) is 23.3 Å². The van der Waals surface area contributed by atoms with Gasteiger partial charge in [-0.1, -0.05) is 12.8 Å². The highest BCUT2D eigenvalue weighted by atomic mass is 16.6. The molecule has 2 N–H and O–H groups in total. The van der Waals surface area contributed by atoms with E-state index in [1.807, 2.05) is 30.5 Å². The molecule has 1 aromatic carbocycles. The monoisotopic (exact) mass is 350 g/mol. The summed E-state index contributed by atoms with van der Waals surface area (Å²) in [4.78, 5) is 9.10. The van der Waals surface area contributed by atoms with Crippen molar-refractivity contribution in [1.29, 1.82) is 0 Å². The zero-order valence-electron chi connectivity index (χ0n) is 14.6. The SMILES string of the molecule is Nc1ccc2c(c1)nc1n2C[C@@H](COc2ccc(C3CCCC3)nc2)O1. The van der Waals surface area contributed by atoms with E-state index in [1.54, 1.807) is 0 Å². The van der Waals surface area contributed by atoms with Crippen LogP contribution < -0.4 is 15.2 Å². The number of benzene rings is 1. The predicted molar refractivity (Wildman–Crippen MR) is 99.5 cm³/mol. The van der Waals surface area contributed by atoms with Gasteiger partial charge in [0.25, 0.3) is 6.01 Å². The van der Waals surface area contributed by atoms with Crippen LogP contribution in [0.5, 0.6) is 11.8 Å². The highest BCUT2D eigenvalue weighted by Gasteiger charge is 2.27. The standard InChI is InChI=1S/C20H22N4O2/c21-14-5-8-19-18(9-14)23-20-24(19)11-16(26-20)12-25-15-6-7-17(22-10-15)13-3-1-2-4-13/h5-10,13,16H,1-4,11-12,21H2/t16-/m0/s1. The number of aromatic nitrogens is 3. The molecule has 0 spiro atoms. The molecule has 6 nitrogen and oxygen atoms in total. The van der Waals surface area contributed by atoms with E-state index in [2.05, 4.69) is 20.6 Å². The maximum absolute atomic E-state index is 5.92. The van der Waals surface area contributed by atoms with Crippen molar-refractivity contribution < 1.29 is 9.47 Å². The van der Waals surface area contributed by atoms with Gasteiger partial charge < -0.3 is 15.2 Å². The molecule has 0 bridgehead atoms. The molecular formula is C20H22N4O2. The molecule has 2 aliphatic rings. The Kier molecular flexibility index (Phi) is 3.69. The van der Waals surface area contributed by atoms with Crippen LogP contribution in [0, 0.1) is 0 Å². The van der Waals surface area contributed by atoms with Gasteiger partial charge in [0.1, 0.15) is 12.4 Å². The van der Waals surface area contributed by atoms with Gasteiger partial charge >= 0.3 is 0 Å². The fourth-order valence-corrected chi connectivity index (χ4v) is 4.00. The van der Waals surface area contributed by atoms with Gasteiger partial charge in [-0.25, -0.2) is 0 Å². The third-order valence-corrected chi connectivity index (χ3v) is 5.36. The fourth-order valence-electron chi connectivity index (χ4n) is 4.00. The highest BCUT2D eigenvalue weighted by molar-refractivity contribution is 5.80. The Balaban J connectivity index is 1.22. The fraction of sp³-hybridized carbons (Fsp3) is 0.400. The Morgan fingerprint density at radius 1 is 1.19 bits per heavy atom. The van der Waals surface area contributed by atoms with Gasteiger partial charge in [0, 0.05) is 17.3 Å². The molecule has 1 atom stereocenters. The number of hydrogen-bond acceptors (Lipinski definition) is 5. The van der Waals surface area contributed by atoms with Gasteiger partial charge in [-0.2, -0.15) is 4.98 Å². The molecule has 1 fully saturated rings. The molecule has 5 rings (SSSR count). The molecule has 1 saturated carbocycles. The van der Waals surface area contributed by atoms with E-state index < -0.39 is 0 Å². The lowest BCUT2D eigenvalue weighted by molar-refractivity contribution is 0.143. The first-order valence-electron chi connectivity index (χ1n) is 9.27. The van der Waals surface area contributed by atoms with Crippen molar-refractivity contribution in [3.05, 3.63) is 42.2 Å². The summed E-state index contributed by atoms with van der Waals surface area (Å²) in [5.74, 6) is 1.42. The molecule has 3 aromatic rings. The molecule has 1 aliphatic heterocycles. The Morgan fingerprint density at radius 2 is 2.08 bits per heavy atom. The smallest absolute Gasteiger partial charge is 0.297 e. The van der Waals surface area contributed by atoms with E-state index in [4.69, 9.17) is 15.2 Å². The van der Waals surface area contributed by atoms with E-state index in [9.17, 15) is 0 Å². The van der Waals surface area contributed by atoms with Crippen LogP contribution in [0.3, 0.4) is 0 Å². The molecule has 0 saturated heterocycles. The first kappa shape index (κ1) is 15.5. The maximum atomic E-state index is 5.92. The van der Waals surface area contributed by atoms with Crippen LogP contribution in [0.15, 0.2) is 36.5 Å². The lowest BCUT2D eigenvalue weighted by atomic mass is 10.0. The molecule has 26 heavy (non-hydrogen) atoms. The van der Waals surface area contributed by atoms with Crippen molar-refractivity contribution in [3.63, 3.8) is 0 Å². The van der Waals surface area contributed by atoms with Crippen LogP contribution in [0.2, 0.25) is 0 Å². The van der Waals surface area contributed by atoms with Crippen LogP contribution in [-0.2, 0) is 6.54 Å². The first-order chi connectivity index (χ1) is 12.8. The molecule has 0 unspecified atom stereocenters. The average Bonchev–Trinajstić information content (AvgIpc) is 3.36. The Morgan fingerprint density at radius 3 is 2.88 bits per heavy atom. The van der Waals surface area contributed by atoms with Gasteiger partial charge in [0.05, 0.1) is 23.8 Å². The van der Waals surface area contributed by atoms with E-state index in [0.29, 0.717) is 24.2 Å². The van der Waals surface area contributed by atoms with Gasteiger partial charge in [-0.3, -0.25) is 9.55 Å². The summed E-state index contributed by atoms with van der Waals surface area (Å²) in [6, 6.07) is 10.5. The molecule has 134 valence electrons. The lowest BCUT2D eigenvalue weighted by Gasteiger charge is -2.13. The summed E-state index contributed by atoms with van der Waals surface area (Å²) >= 11 is 0. The number of rotatable bonds is 4. The van der Waals surface area contributed by atoms with Crippen molar-refractivity contribution in [2.45, 2.75) is 44.2 Å². The number of nitrogens with zero attached hydrogens (tertiary/aromatic N) is 3. The lowest BCUT2D eigenvalue weighted by Crippen LogP contribution is -2.23. The van der Waals surface area contributed by atoms with Gasteiger partial charge in [0.15, 0.2) is 6.10 Å². The third kappa shape index (κ3) is 2.75. The normalized spacial score (nSPS) is 19.6. The second-order valence-electron chi connectivity index (χ2n) is 7.20. The summed E-state index contributed by atoms with van der Waals surface area (Å²) in [7, 11) is 0. The van der Waals surface area contributed by atoms with Crippen LogP contribution in [0.1, 0.15) is 37.3 Å². The number of ether oxygens (including phenoxy) is 2. The second-order valence-corrected chi connectivity index (χ2v) is 7.20. The molecule has 3 heterocycles. The minimum Gasteiger partial charge on any atom is -0.488 e. The summed E-state index contributed by atoms with van der Waals surface area (Å²) < 4.78 is 13.9. The van der Waals surface area contributed by atoms with Crippen molar-refractivity contribution in [1.82, 2.24) is 14.5 Å². The quantitative estimate of drug-likeness (QED) is 0.729. The van der Waals surface area contributed by atoms with Crippen LogP contribution in [-0.4, -0.2) is 27.2 Å².